The summed E-state index contributed by atoms with van der Waals surface area (Å²) in [4.78, 5) is 0. The molecule has 0 saturated carbocycles. The van der Waals surface area contributed by atoms with Crippen LogP contribution in [0.2, 0.25) is 37.3 Å². The van der Waals surface area contributed by atoms with E-state index in [1.807, 2.05) is 0 Å². The first kappa shape index (κ1) is 22.3. The van der Waals surface area contributed by atoms with Crippen LogP contribution >= 0.6 is 0 Å². The minimum absolute atomic E-state index is 0.318. The summed E-state index contributed by atoms with van der Waals surface area (Å²) in [5, 5.41) is 0.318. The Labute approximate surface area is 141 Å². The van der Waals surface area contributed by atoms with Crippen LogP contribution in [0.1, 0.15) is 52.9 Å². The zero-order chi connectivity index (χ0) is 17.4. The smallest absolute Gasteiger partial charge is 0.192 e. The number of nitrogens with two attached hydrogens (primary N) is 2. The normalized spacial score (nSPS) is 17.3. The van der Waals surface area contributed by atoms with E-state index in [2.05, 4.69) is 47.0 Å². The third-order valence-corrected chi connectivity index (χ3v) is 14.4. The van der Waals surface area contributed by atoms with Gasteiger partial charge in [0.1, 0.15) is 0 Å². The second kappa shape index (κ2) is 9.57. The Bertz CT molecular complexity index is 311. The molecule has 0 aliphatic carbocycles. The van der Waals surface area contributed by atoms with Crippen LogP contribution in [0.3, 0.4) is 0 Å². The topological polar surface area (TPSA) is 61.3 Å². The van der Waals surface area contributed by atoms with Crippen LogP contribution in [0.15, 0.2) is 0 Å². The molecule has 0 aromatic heterocycles. The lowest BCUT2D eigenvalue weighted by Crippen LogP contribution is -2.53. The van der Waals surface area contributed by atoms with Gasteiger partial charge in [-0.25, -0.2) is 0 Å². The molecule has 0 aromatic rings. The predicted octanol–water partition coefficient (Wildman–Crippen LogP) is 4.49. The van der Waals surface area contributed by atoms with Crippen molar-refractivity contribution in [1.29, 1.82) is 0 Å². The maximum absolute atomic E-state index is 6.92. The molecular formula is C17H42N2OSi2. The van der Waals surface area contributed by atoms with Crippen LogP contribution in [0.5, 0.6) is 0 Å². The van der Waals surface area contributed by atoms with Gasteiger partial charge in [-0.05, 0) is 56.9 Å². The van der Waals surface area contributed by atoms with Crippen molar-refractivity contribution >= 4 is 16.4 Å². The SMILES string of the molecule is CCC(O[Si](C)(C)C(C)(CC)CCCN)[Si](C)(C)CCCN. The molecule has 2 atom stereocenters. The predicted molar refractivity (Wildman–Crippen MR) is 106 cm³/mol. The quantitative estimate of drug-likeness (QED) is 0.512. The number of hydrogen-bond acceptors (Lipinski definition) is 3. The molecule has 134 valence electrons. The minimum atomic E-state index is -1.78. The van der Waals surface area contributed by atoms with E-state index < -0.39 is 16.4 Å². The fourth-order valence-corrected chi connectivity index (χ4v) is 10.9. The highest BCUT2D eigenvalue weighted by atomic mass is 28.4. The maximum atomic E-state index is 6.92. The Balaban J connectivity index is 5.09. The van der Waals surface area contributed by atoms with E-state index in [-0.39, 0.29) is 0 Å². The molecular weight excluding hydrogens is 304 g/mol. The number of hydrogen-bond donors (Lipinski definition) is 2. The van der Waals surface area contributed by atoms with Crippen molar-refractivity contribution in [2.75, 3.05) is 13.1 Å². The van der Waals surface area contributed by atoms with Gasteiger partial charge in [-0.2, -0.15) is 0 Å². The van der Waals surface area contributed by atoms with Crippen LogP contribution in [-0.2, 0) is 4.43 Å². The summed E-state index contributed by atoms with van der Waals surface area (Å²) < 4.78 is 6.92. The van der Waals surface area contributed by atoms with Crippen molar-refractivity contribution in [2.45, 2.75) is 95.9 Å². The Morgan fingerprint density at radius 3 is 1.95 bits per heavy atom. The molecule has 0 fully saturated rings. The molecule has 5 heteroatoms. The summed E-state index contributed by atoms with van der Waals surface area (Å²) in [6.07, 6.45) is 5.76. The van der Waals surface area contributed by atoms with Crippen LogP contribution in [-0.4, -0.2) is 35.2 Å². The average molecular weight is 347 g/mol. The van der Waals surface area contributed by atoms with E-state index in [4.69, 9.17) is 15.9 Å². The van der Waals surface area contributed by atoms with Crippen molar-refractivity contribution in [2.24, 2.45) is 11.5 Å². The van der Waals surface area contributed by atoms with Crippen LogP contribution in [0, 0.1) is 0 Å². The number of rotatable bonds is 12. The molecule has 0 rings (SSSR count). The van der Waals surface area contributed by atoms with Gasteiger partial charge in [0, 0.05) is 5.73 Å². The van der Waals surface area contributed by atoms with Crippen molar-refractivity contribution in [3.8, 4) is 0 Å². The molecule has 0 spiro atoms. The zero-order valence-electron chi connectivity index (χ0n) is 16.3. The van der Waals surface area contributed by atoms with Gasteiger partial charge < -0.3 is 15.9 Å². The first-order valence-corrected chi connectivity index (χ1v) is 15.4. The first-order chi connectivity index (χ1) is 10.1. The monoisotopic (exact) mass is 346 g/mol. The standard InChI is InChI=1S/C17H42N2OSi2/c1-8-16(21(4,5)15-11-14-19)20-22(6,7)17(3,9-2)12-10-13-18/h16H,8-15,18-19H2,1-7H3. The third kappa shape index (κ3) is 6.08. The fourth-order valence-electron chi connectivity index (χ4n) is 3.41. The van der Waals surface area contributed by atoms with Crippen LogP contribution in [0.25, 0.3) is 0 Å². The van der Waals surface area contributed by atoms with Gasteiger partial charge in [0.05, 0.1) is 8.07 Å². The van der Waals surface area contributed by atoms with E-state index >= 15 is 0 Å². The highest BCUT2D eigenvalue weighted by Crippen LogP contribution is 2.47. The lowest BCUT2D eigenvalue weighted by atomic mass is 10.0. The lowest BCUT2D eigenvalue weighted by Gasteiger charge is -2.46. The third-order valence-electron chi connectivity index (χ3n) is 5.87. The average Bonchev–Trinajstić information content (AvgIpc) is 2.47. The van der Waals surface area contributed by atoms with Gasteiger partial charge in [0.25, 0.3) is 0 Å². The van der Waals surface area contributed by atoms with E-state index in [0.717, 1.165) is 32.4 Å². The van der Waals surface area contributed by atoms with Crippen LogP contribution in [0.4, 0.5) is 0 Å². The van der Waals surface area contributed by atoms with Gasteiger partial charge in [-0.15, -0.1) is 0 Å². The summed E-state index contributed by atoms with van der Waals surface area (Å²) in [6, 6.07) is 1.28. The van der Waals surface area contributed by atoms with Crippen molar-refractivity contribution in [3.05, 3.63) is 0 Å². The van der Waals surface area contributed by atoms with Gasteiger partial charge >= 0.3 is 0 Å². The highest BCUT2D eigenvalue weighted by Gasteiger charge is 2.46. The Morgan fingerprint density at radius 1 is 1.00 bits per heavy atom. The van der Waals surface area contributed by atoms with E-state index in [9.17, 15) is 0 Å². The highest BCUT2D eigenvalue weighted by molar-refractivity contribution is 6.81. The maximum Gasteiger partial charge on any atom is 0.192 e. The molecule has 3 nitrogen and oxygen atoms in total. The molecule has 0 bridgehead atoms. The van der Waals surface area contributed by atoms with E-state index in [1.165, 1.54) is 18.9 Å². The fraction of sp³-hybridized carbons (Fsp3) is 1.00. The molecule has 0 heterocycles. The molecule has 4 N–H and O–H groups in total. The molecule has 0 amide bonds. The molecule has 0 aromatic carbocycles. The summed E-state index contributed by atoms with van der Waals surface area (Å²) >= 11 is 0. The van der Waals surface area contributed by atoms with E-state index in [0.29, 0.717) is 10.8 Å². The van der Waals surface area contributed by atoms with Gasteiger partial charge in [0.2, 0.25) is 0 Å². The molecule has 2 unspecified atom stereocenters. The van der Waals surface area contributed by atoms with Crippen molar-refractivity contribution in [3.63, 3.8) is 0 Å². The summed E-state index contributed by atoms with van der Waals surface area (Å²) in [6.45, 7) is 18.4. The van der Waals surface area contributed by atoms with Gasteiger partial charge in [-0.3, -0.25) is 0 Å². The summed E-state index contributed by atoms with van der Waals surface area (Å²) in [5.41, 5.74) is 11.9. The Kier molecular flexibility index (Phi) is 9.71. The summed E-state index contributed by atoms with van der Waals surface area (Å²) in [7, 11) is -3.16. The van der Waals surface area contributed by atoms with Crippen molar-refractivity contribution < 1.29 is 4.43 Å². The second-order valence-corrected chi connectivity index (χ2v) is 17.8. The largest absolute Gasteiger partial charge is 0.417 e. The first-order valence-electron chi connectivity index (χ1n) is 9.18. The second-order valence-electron chi connectivity index (χ2n) is 8.21. The molecule has 22 heavy (non-hydrogen) atoms. The summed E-state index contributed by atoms with van der Waals surface area (Å²) in [5.74, 6) is 0. The zero-order valence-corrected chi connectivity index (χ0v) is 18.3. The van der Waals surface area contributed by atoms with Gasteiger partial charge in [-0.1, -0.05) is 46.3 Å². The Hall–Kier alpha value is 0.314. The van der Waals surface area contributed by atoms with Gasteiger partial charge in [0.15, 0.2) is 8.32 Å². The minimum Gasteiger partial charge on any atom is -0.417 e. The lowest BCUT2D eigenvalue weighted by molar-refractivity contribution is 0.228. The Morgan fingerprint density at radius 2 is 1.55 bits per heavy atom. The van der Waals surface area contributed by atoms with E-state index in [1.54, 1.807) is 0 Å². The molecule has 0 radical (unpaired) electrons. The molecule has 0 aliphatic heterocycles. The molecule has 0 aliphatic rings. The van der Waals surface area contributed by atoms with Crippen LogP contribution < -0.4 is 11.5 Å². The van der Waals surface area contributed by atoms with Crippen molar-refractivity contribution in [1.82, 2.24) is 0 Å². The molecule has 0 saturated heterocycles.